The highest BCUT2D eigenvalue weighted by atomic mass is 16.5. The van der Waals surface area contributed by atoms with Crippen LogP contribution in [0.25, 0.3) is 0 Å². The number of nitrogens with zero attached hydrogens (tertiary/aromatic N) is 1. The molecule has 1 aliphatic heterocycles. The zero-order valence-electron chi connectivity index (χ0n) is 12.0. The first-order chi connectivity index (χ1) is 8.95. The predicted molar refractivity (Wildman–Crippen MR) is 76.6 cm³/mol. The van der Waals surface area contributed by atoms with Gasteiger partial charge in [0.15, 0.2) is 6.10 Å². The van der Waals surface area contributed by atoms with Crippen LogP contribution in [0.1, 0.15) is 39.2 Å². The SMILES string of the molecule is CC1Oc2ccc(C(C)C)cc2N(C(C)CN)C1=O. The molecule has 1 aromatic carbocycles. The second kappa shape index (κ2) is 5.21. The molecule has 0 bridgehead atoms. The predicted octanol–water partition coefficient (Wildman–Crippen LogP) is 2.27. The smallest absolute Gasteiger partial charge is 0.268 e. The van der Waals surface area contributed by atoms with Crippen LogP contribution in [0.5, 0.6) is 5.75 Å². The molecule has 104 valence electrons. The highest BCUT2D eigenvalue weighted by Crippen LogP contribution is 2.37. The maximum Gasteiger partial charge on any atom is 0.268 e. The number of amides is 1. The number of carbonyl (C=O) groups excluding carboxylic acids is 1. The monoisotopic (exact) mass is 262 g/mol. The molecule has 1 heterocycles. The Morgan fingerprint density at radius 3 is 2.63 bits per heavy atom. The van der Waals surface area contributed by atoms with E-state index in [1.807, 2.05) is 19.1 Å². The average molecular weight is 262 g/mol. The summed E-state index contributed by atoms with van der Waals surface area (Å²) in [4.78, 5) is 14.1. The summed E-state index contributed by atoms with van der Waals surface area (Å²) in [6.07, 6.45) is -0.452. The lowest BCUT2D eigenvalue weighted by atomic mass is 10.0. The van der Waals surface area contributed by atoms with E-state index in [0.29, 0.717) is 12.5 Å². The Kier molecular flexibility index (Phi) is 3.80. The molecule has 1 amide bonds. The molecule has 0 fully saturated rings. The zero-order chi connectivity index (χ0) is 14.2. The Morgan fingerprint density at radius 2 is 2.05 bits per heavy atom. The Labute approximate surface area is 114 Å². The molecule has 2 rings (SSSR count). The lowest BCUT2D eigenvalue weighted by molar-refractivity contribution is -0.126. The normalized spacial score (nSPS) is 20.2. The van der Waals surface area contributed by atoms with E-state index in [0.717, 1.165) is 11.4 Å². The summed E-state index contributed by atoms with van der Waals surface area (Å²) in [6, 6.07) is 6.01. The number of hydrogen-bond acceptors (Lipinski definition) is 3. The van der Waals surface area contributed by atoms with Crippen molar-refractivity contribution in [3.63, 3.8) is 0 Å². The van der Waals surface area contributed by atoms with Crippen molar-refractivity contribution in [2.24, 2.45) is 5.73 Å². The summed E-state index contributed by atoms with van der Waals surface area (Å²) < 4.78 is 5.67. The molecular weight excluding hydrogens is 240 g/mol. The van der Waals surface area contributed by atoms with E-state index in [1.165, 1.54) is 5.56 Å². The number of hydrogen-bond donors (Lipinski definition) is 1. The topological polar surface area (TPSA) is 55.6 Å². The van der Waals surface area contributed by atoms with Crippen molar-refractivity contribution >= 4 is 11.6 Å². The first-order valence-electron chi connectivity index (χ1n) is 6.79. The van der Waals surface area contributed by atoms with Crippen LogP contribution in [0.2, 0.25) is 0 Å². The van der Waals surface area contributed by atoms with Gasteiger partial charge in [-0.25, -0.2) is 0 Å². The van der Waals surface area contributed by atoms with Crippen LogP contribution >= 0.6 is 0 Å². The molecule has 4 heteroatoms. The second-order valence-electron chi connectivity index (χ2n) is 5.43. The van der Waals surface area contributed by atoms with Crippen molar-refractivity contribution in [1.82, 2.24) is 0 Å². The first-order valence-corrected chi connectivity index (χ1v) is 6.79. The maximum atomic E-state index is 12.3. The van der Waals surface area contributed by atoms with Crippen LogP contribution in [-0.4, -0.2) is 24.6 Å². The Hall–Kier alpha value is -1.55. The van der Waals surface area contributed by atoms with Gasteiger partial charge in [0, 0.05) is 12.6 Å². The van der Waals surface area contributed by atoms with Gasteiger partial charge in [-0.1, -0.05) is 19.9 Å². The highest BCUT2D eigenvalue weighted by Gasteiger charge is 2.34. The molecule has 1 aromatic rings. The number of nitrogens with two attached hydrogens (primary N) is 1. The van der Waals surface area contributed by atoms with Crippen molar-refractivity contribution in [1.29, 1.82) is 0 Å². The highest BCUT2D eigenvalue weighted by molar-refractivity contribution is 6.00. The lowest BCUT2D eigenvalue weighted by Crippen LogP contribution is -2.51. The van der Waals surface area contributed by atoms with Crippen molar-refractivity contribution in [3.05, 3.63) is 23.8 Å². The molecule has 2 unspecified atom stereocenters. The lowest BCUT2D eigenvalue weighted by Gasteiger charge is -2.37. The summed E-state index contributed by atoms with van der Waals surface area (Å²) in [5, 5.41) is 0. The van der Waals surface area contributed by atoms with Crippen molar-refractivity contribution in [3.8, 4) is 5.75 Å². The molecule has 0 aliphatic carbocycles. The molecule has 0 saturated heterocycles. The van der Waals surface area contributed by atoms with Gasteiger partial charge in [-0.15, -0.1) is 0 Å². The van der Waals surface area contributed by atoms with Gasteiger partial charge in [0.25, 0.3) is 5.91 Å². The summed E-state index contributed by atoms with van der Waals surface area (Å²) in [6.45, 7) is 8.43. The van der Waals surface area contributed by atoms with Crippen LogP contribution in [-0.2, 0) is 4.79 Å². The van der Waals surface area contributed by atoms with Gasteiger partial charge in [-0.2, -0.15) is 0 Å². The first kappa shape index (κ1) is 13.9. The standard InChI is InChI=1S/C15H22N2O2/c1-9(2)12-5-6-14-13(7-12)17(10(3)8-16)15(18)11(4)19-14/h5-7,9-11H,8,16H2,1-4H3. The van der Waals surface area contributed by atoms with Crippen LogP contribution < -0.4 is 15.4 Å². The minimum atomic E-state index is -0.452. The molecule has 1 aliphatic rings. The summed E-state index contributed by atoms with van der Waals surface area (Å²) in [5.74, 6) is 1.15. The third-order valence-electron chi connectivity index (χ3n) is 3.58. The van der Waals surface area contributed by atoms with Crippen LogP contribution in [0.3, 0.4) is 0 Å². The molecule has 2 atom stereocenters. The van der Waals surface area contributed by atoms with Gasteiger partial charge in [-0.05, 0) is 37.5 Å². The van der Waals surface area contributed by atoms with Gasteiger partial charge in [0.1, 0.15) is 5.75 Å². The third-order valence-corrected chi connectivity index (χ3v) is 3.58. The van der Waals surface area contributed by atoms with Crippen molar-refractivity contribution in [2.45, 2.75) is 45.8 Å². The number of benzene rings is 1. The fourth-order valence-electron chi connectivity index (χ4n) is 2.30. The fraction of sp³-hybridized carbons (Fsp3) is 0.533. The zero-order valence-corrected chi connectivity index (χ0v) is 12.0. The molecule has 0 saturated carbocycles. The number of carbonyl (C=O) groups is 1. The molecular formula is C15H22N2O2. The average Bonchev–Trinajstić information content (AvgIpc) is 2.39. The van der Waals surface area contributed by atoms with E-state index in [2.05, 4.69) is 19.9 Å². The quantitative estimate of drug-likeness (QED) is 0.909. The van der Waals surface area contributed by atoms with Gasteiger partial charge in [0.2, 0.25) is 0 Å². The van der Waals surface area contributed by atoms with E-state index >= 15 is 0 Å². The summed E-state index contributed by atoms with van der Waals surface area (Å²) >= 11 is 0. The number of anilines is 1. The Morgan fingerprint density at radius 1 is 1.37 bits per heavy atom. The largest absolute Gasteiger partial charge is 0.479 e. The summed E-state index contributed by atoms with van der Waals surface area (Å²) in [7, 11) is 0. The summed E-state index contributed by atoms with van der Waals surface area (Å²) in [5.41, 5.74) is 7.76. The molecule has 0 aromatic heterocycles. The molecule has 0 spiro atoms. The van der Waals surface area contributed by atoms with E-state index in [-0.39, 0.29) is 11.9 Å². The molecule has 2 N–H and O–H groups in total. The van der Waals surface area contributed by atoms with E-state index in [4.69, 9.17) is 10.5 Å². The van der Waals surface area contributed by atoms with E-state index in [1.54, 1.807) is 11.8 Å². The number of ether oxygens (including phenoxy) is 1. The minimum Gasteiger partial charge on any atom is -0.479 e. The van der Waals surface area contributed by atoms with Crippen LogP contribution in [0, 0.1) is 0 Å². The molecule has 0 radical (unpaired) electrons. The Bertz CT molecular complexity index is 485. The van der Waals surface area contributed by atoms with Gasteiger partial charge >= 0.3 is 0 Å². The third kappa shape index (κ3) is 2.45. The maximum absolute atomic E-state index is 12.3. The Balaban J connectivity index is 2.51. The molecule has 19 heavy (non-hydrogen) atoms. The second-order valence-corrected chi connectivity index (χ2v) is 5.43. The fourth-order valence-corrected chi connectivity index (χ4v) is 2.30. The number of rotatable bonds is 3. The van der Waals surface area contributed by atoms with E-state index in [9.17, 15) is 4.79 Å². The van der Waals surface area contributed by atoms with Gasteiger partial charge in [0.05, 0.1) is 5.69 Å². The van der Waals surface area contributed by atoms with Gasteiger partial charge < -0.3 is 15.4 Å². The molecule has 4 nitrogen and oxygen atoms in total. The van der Waals surface area contributed by atoms with Crippen molar-refractivity contribution in [2.75, 3.05) is 11.4 Å². The van der Waals surface area contributed by atoms with Crippen LogP contribution in [0.15, 0.2) is 18.2 Å². The van der Waals surface area contributed by atoms with Crippen molar-refractivity contribution < 1.29 is 9.53 Å². The van der Waals surface area contributed by atoms with Crippen LogP contribution in [0.4, 0.5) is 5.69 Å². The number of fused-ring (bicyclic) bond motifs is 1. The van der Waals surface area contributed by atoms with Gasteiger partial charge in [-0.3, -0.25) is 4.79 Å². The van der Waals surface area contributed by atoms with E-state index < -0.39 is 6.10 Å². The minimum absolute atomic E-state index is 0.0219.